The number of benzene rings is 1. The van der Waals surface area contributed by atoms with E-state index in [9.17, 15) is 4.79 Å². The van der Waals surface area contributed by atoms with Crippen molar-refractivity contribution >= 4 is 19.1 Å². The molecule has 1 atom stereocenters. The van der Waals surface area contributed by atoms with E-state index in [2.05, 4.69) is 26.5 Å². The summed E-state index contributed by atoms with van der Waals surface area (Å²) in [6.45, 7) is 6.49. The molecular formula is C12H16O2S. The zero-order chi connectivity index (χ0) is 11.5. The fraction of sp³-hybridized carbons (Fsp3) is 0.417. The third kappa shape index (κ3) is 2.75. The molecule has 3 heteroatoms. The topological polar surface area (TPSA) is 26.3 Å². The summed E-state index contributed by atoms with van der Waals surface area (Å²) in [6.07, 6.45) is -0.152. The molecule has 0 bridgehead atoms. The van der Waals surface area contributed by atoms with Gasteiger partial charge in [0.2, 0.25) is 0 Å². The number of thiol groups is 1. The van der Waals surface area contributed by atoms with Gasteiger partial charge < -0.3 is 4.74 Å². The molecule has 0 aliphatic carbocycles. The summed E-state index contributed by atoms with van der Waals surface area (Å²) in [5, 5.41) is 0. The van der Waals surface area contributed by atoms with Gasteiger partial charge in [0.05, 0.1) is 0 Å². The Morgan fingerprint density at radius 3 is 2.33 bits per heavy atom. The lowest BCUT2D eigenvalue weighted by Gasteiger charge is -2.30. The minimum atomic E-state index is -0.192. The van der Waals surface area contributed by atoms with Crippen LogP contribution in [0.15, 0.2) is 29.2 Å². The summed E-state index contributed by atoms with van der Waals surface area (Å²) in [5.74, 6) is 0. The van der Waals surface area contributed by atoms with Gasteiger partial charge in [0.15, 0.2) is 0 Å². The lowest BCUT2D eigenvalue weighted by molar-refractivity contribution is -0.135. The van der Waals surface area contributed by atoms with E-state index >= 15 is 0 Å². The molecule has 0 aliphatic heterocycles. The summed E-state index contributed by atoms with van der Waals surface area (Å²) in [4.78, 5) is 11.2. The number of carbonyl (C=O) groups excluding carboxylic acids is 1. The minimum absolute atomic E-state index is 0.152. The molecule has 0 heterocycles. The monoisotopic (exact) mass is 224 g/mol. The third-order valence-electron chi connectivity index (χ3n) is 2.89. The minimum Gasteiger partial charge on any atom is -0.464 e. The molecule has 0 N–H and O–H groups in total. The first kappa shape index (κ1) is 12.1. The second-order valence-corrected chi connectivity index (χ2v) is 4.66. The van der Waals surface area contributed by atoms with Gasteiger partial charge in [-0.3, -0.25) is 4.79 Å². The SMILES string of the molecule is CC(OC=O)C(C)(C)c1ccc(S)cc1. The van der Waals surface area contributed by atoms with E-state index in [4.69, 9.17) is 4.74 Å². The van der Waals surface area contributed by atoms with Crippen LogP contribution in [0.4, 0.5) is 0 Å². The van der Waals surface area contributed by atoms with E-state index in [1.807, 2.05) is 31.2 Å². The molecule has 1 unspecified atom stereocenters. The highest BCUT2D eigenvalue weighted by atomic mass is 32.1. The van der Waals surface area contributed by atoms with Crippen LogP contribution in [0.2, 0.25) is 0 Å². The molecule has 1 aromatic carbocycles. The molecule has 0 amide bonds. The summed E-state index contributed by atoms with van der Waals surface area (Å²) in [6, 6.07) is 7.89. The number of hydrogen-bond donors (Lipinski definition) is 1. The van der Waals surface area contributed by atoms with Crippen LogP contribution in [-0.2, 0) is 14.9 Å². The van der Waals surface area contributed by atoms with Crippen LogP contribution in [0.3, 0.4) is 0 Å². The van der Waals surface area contributed by atoms with E-state index in [-0.39, 0.29) is 11.5 Å². The second kappa shape index (κ2) is 4.71. The largest absolute Gasteiger partial charge is 0.464 e. The highest BCUT2D eigenvalue weighted by Gasteiger charge is 2.29. The average molecular weight is 224 g/mol. The first-order valence-electron chi connectivity index (χ1n) is 4.87. The zero-order valence-corrected chi connectivity index (χ0v) is 10.1. The zero-order valence-electron chi connectivity index (χ0n) is 9.23. The predicted octanol–water partition coefficient (Wildman–Crippen LogP) is 2.81. The molecule has 0 radical (unpaired) electrons. The number of ether oxygens (including phenoxy) is 1. The molecule has 2 nitrogen and oxygen atoms in total. The molecule has 15 heavy (non-hydrogen) atoms. The first-order valence-corrected chi connectivity index (χ1v) is 5.32. The third-order valence-corrected chi connectivity index (χ3v) is 3.19. The van der Waals surface area contributed by atoms with Gasteiger partial charge in [0.25, 0.3) is 6.47 Å². The van der Waals surface area contributed by atoms with Gasteiger partial charge in [-0.15, -0.1) is 12.6 Å². The van der Waals surface area contributed by atoms with Crippen LogP contribution in [0.5, 0.6) is 0 Å². The maximum absolute atomic E-state index is 10.3. The smallest absolute Gasteiger partial charge is 0.293 e. The van der Waals surface area contributed by atoms with Crippen molar-refractivity contribution in [3.63, 3.8) is 0 Å². The maximum Gasteiger partial charge on any atom is 0.293 e. The van der Waals surface area contributed by atoms with Crippen molar-refractivity contribution in [1.82, 2.24) is 0 Å². The first-order chi connectivity index (χ1) is 6.98. The Balaban J connectivity index is 2.94. The van der Waals surface area contributed by atoms with Gasteiger partial charge in [0.1, 0.15) is 6.10 Å². The Morgan fingerprint density at radius 2 is 1.87 bits per heavy atom. The molecular weight excluding hydrogens is 208 g/mol. The lowest BCUT2D eigenvalue weighted by atomic mass is 9.80. The molecule has 0 saturated heterocycles. The van der Waals surface area contributed by atoms with Gasteiger partial charge in [-0.25, -0.2) is 0 Å². The van der Waals surface area contributed by atoms with Gasteiger partial charge in [-0.2, -0.15) is 0 Å². The average Bonchev–Trinajstić information content (AvgIpc) is 2.18. The van der Waals surface area contributed by atoms with Crippen molar-refractivity contribution < 1.29 is 9.53 Å². The van der Waals surface area contributed by atoms with E-state index in [0.717, 1.165) is 10.5 Å². The van der Waals surface area contributed by atoms with Crippen molar-refractivity contribution in [2.75, 3.05) is 0 Å². The van der Waals surface area contributed by atoms with Crippen LogP contribution in [0.1, 0.15) is 26.3 Å². The normalized spacial score (nSPS) is 13.3. The highest BCUT2D eigenvalue weighted by Crippen LogP contribution is 2.29. The molecule has 0 spiro atoms. The van der Waals surface area contributed by atoms with E-state index in [1.165, 1.54) is 0 Å². The van der Waals surface area contributed by atoms with Gasteiger partial charge in [-0.1, -0.05) is 26.0 Å². The Kier molecular flexibility index (Phi) is 3.80. The number of carbonyl (C=O) groups is 1. The van der Waals surface area contributed by atoms with Crippen molar-refractivity contribution in [2.24, 2.45) is 0 Å². The van der Waals surface area contributed by atoms with Crippen LogP contribution in [-0.4, -0.2) is 12.6 Å². The lowest BCUT2D eigenvalue weighted by Crippen LogP contribution is -2.33. The molecule has 0 aliphatic rings. The summed E-state index contributed by atoms with van der Waals surface area (Å²) >= 11 is 4.23. The molecule has 0 saturated carbocycles. The Labute approximate surface area is 96.1 Å². The summed E-state index contributed by atoms with van der Waals surface area (Å²) < 4.78 is 4.99. The maximum atomic E-state index is 10.3. The molecule has 1 rings (SSSR count). The molecule has 0 fully saturated rings. The Bertz CT molecular complexity index is 330. The summed E-state index contributed by atoms with van der Waals surface area (Å²) in [5.41, 5.74) is 0.942. The van der Waals surface area contributed by atoms with Crippen molar-refractivity contribution in [3.05, 3.63) is 29.8 Å². The number of hydrogen-bond acceptors (Lipinski definition) is 3. The van der Waals surface area contributed by atoms with Gasteiger partial charge in [-0.05, 0) is 24.6 Å². The predicted molar refractivity (Wildman–Crippen MR) is 63.3 cm³/mol. The van der Waals surface area contributed by atoms with Crippen molar-refractivity contribution in [2.45, 2.75) is 37.2 Å². The van der Waals surface area contributed by atoms with E-state index in [0.29, 0.717) is 6.47 Å². The fourth-order valence-corrected chi connectivity index (χ4v) is 1.53. The Morgan fingerprint density at radius 1 is 1.33 bits per heavy atom. The fourth-order valence-electron chi connectivity index (χ4n) is 1.38. The van der Waals surface area contributed by atoms with Crippen LogP contribution >= 0.6 is 12.6 Å². The molecule has 82 valence electrons. The van der Waals surface area contributed by atoms with Crippen LogP contribution in [0.25, 0.3) is 0 Å². The number of rotatable bonds is 4. The second-order valence-electron chi connectivity index (χ2n) is 4.14. The van der Waals surface area contributed by atoms with Crippen LogP contribution < -0.4 is 0 Å². The van der Waals surface area contributed by atoms with Crippen molar-refractivity contribution in [3.8, 4) is 0 Å². The molecule has 1 aromatic rings. The van der Waals surface area contributed by atoms with Crippen molar-refractivity contribution in [1.29, 1.82) is 0 Å². The van der Waals surface area contributed by atoms with Gasteiger partial charge >= 0.3 is 0 Å². The van der Waals surface area contributed by atoms with Gasteiger partial charge in [0, 0.05) is 10.3 Å². The highest BCUT2D eigenvalue weighted by molar-refractivity contribution is 7.80. The molecule has 0 aromatic heterocycles. The van der Waals surface area contributed by atoms with Crippen LogP contribution in [0, 0.1) is 0 Å². The van der Waals surface area contributed by atoms with E-state index in [1.54, 1.807) is 0 Å². The standard InChI is InChI=1S/C12H16O2S/c1-9(14-8-13)12(2,3)10-4-6-11(15)7-5-10/h4-9,15H,1-3H3. The summed E-state index contributed by atoms with van der Waals surface area (Å²) in [7, 11) is 0. The Hall–Kier alpha value is -0.960. The van der Waals surface area contributed by atoms with E-state index < -0.39 is 0 Å². The quantitative estimate of drug-likeness (QED) is 0.628.